The lowest BCUT2D eigenvalue weighted by molar-refractivity contribution is -0.146. The van der Waals surface area contributed by atoms with Gasteiger partial charge in [-0.2, -0.15) is 0 Å². The zero-order chi connectivity index (χ0) is 21.4. The Labute approximate surface area is 182 Å². The number of rotatable bonds is 24. The Hall–Kier alpha value is -0.570. The first-order chi connectivity index (χ1) is 14.2. The highest BCUT2D eigenvalue weighted by Gasteiger charge is 2.11. The number of aliphatic hydroxyl groups excluding tert-OH is 1. The first kappa shape index (κ1) is 28.4. The minimum Gasteiger partial charge on any atom is -0.479 e. The molecule has 0 heterocycles. The van der Waals surface area contributed by atoms with Crippen LogP contribution < -0.4 is 0 Å². The molecule has 0 aromatic rings. The smallest absolute Gasteiger partial charge is 0.332 e. The summed E-state index contributed by atoms with van der Waals surface area (Å²) in [6.45, 7) is 2.29. The van der Waals surface area contributed by atoms with Crippen molar-refractivity contribution in [2.24, 2.45) is 0 Å². The third kappa shape index (κ3) is 23.6. The summed E-state index contributed by atoms with van der Waals surface area (Å²) >= 11 is 0. The number of carboxylic acid groups (broad SMARTS) is 1. The van der Waals surface area contributed by atoms with Crippen molar-refractivity contribution in [2.45, 2.75) is 161 Å². The Balaban J connectivity index is 3.04. The van der Waals surface area contributed by atoms with Crippen LogP contribution in [0.3, 0.4) is 0 Å². The van der Waals surface area contributed by atoms with E-state index in [9.17, 15) is 9.90 Å². The fourth-order valence-corrected chi connectivity index (χ4v) is 4.07. The molecule has 0 radical (unpaired) electrons. The van der Waals surface area contributed by atoms with Crippen LogP contribution in [0.25, 0.3) is 0 Å². The molecule has 3 heteroatoms. The predicted octanol–water partition coefficient (Wildman–Crippen LogP) is 8.42. The molecule has 0 fully saturated rings. The van der Waals surface area contributed by atoms with E-state index in [0.29, 0.717) is 6.42 Å². The molecule has 3 nitrogen and oxygen atoms in total. The van der Waals surface area contributed by atoms with Gasteiger partial charge < -0.3 is 10.2 Å². The monoisotopic (exact) mass is 412 g/mol. The Kier molecular flexibility index (Phi) is 23.2. The summed E-state index contributed by atoms with van der Waals surface area (Å²) in [5, 5.41) is 17.8. The van der Waals surface area contributed by atoms with Gasteiger partial charge >= 0.3 is 5.97 Å². The second-order valence-electron chi connectivity index (χ2n) is 9.07. The highest BCUT2D eigenvalue weighted by atomic mass is 16.4. The van der Waals surface area contributed by atoms with Crippen molar-refractivity contribution in [3.8, 4) is 0 Å². The van der Waals surface area contributed by atoms with Gasteiger partial charge in [-0.15, -0.1) is 0 Å². The molecule has 0 aliphatic heterocycles. The van der Waals surface area contributed by atoms with Gasteiger partial charge in [0.25, 0.3) is 0 Å². The summed E-state index contributed by atoms with van der Waals surface area (Å²) in [6, 6.07) is 0. The number of carbonyl (C=O) groups is 1. The quantitative estimate of drug-likeness (QED) is 0.156. The third-order valence-electron chi connectivity index (χ3n) is 6.12. The summed E-state index contributed by atoms with van der Waals surface area (Å²) in [5.41, 5.74) is 0. The molecule has 0 rings (SSSR count). The molecule has 0 aromatic carbocycles. The topological polar surface area (TPSA) is 57.5 Å². The minimum absolute atomic E-state index is 0.397. The lowest BCUT2D eigenvalue weighted by atomic mass is 10.0. The average Bonchev–Trinajstić information content (AvgIpc) is 2.71. The molecule has 1 atom stereocenters. The van der Waals surface area contributed by atoms with Crippen molar-refractivity contribution in [1.29, 1.82) is 0 Å². The normalized spacial score (nSPS) is 12.3. The van der Waals surface area contributed by atoms with Crippen LogP contribution in [0.2, 0.25) is 0 Å². The molecule has 0 aliphatic carbocycles. The van der Waals surface area contributed by atoms with E-state index < -0.39 is 12.1 Å². The second-order valence-corrected chi connectivity index (χ2v) is 9.07. The zero-order valence-corrected chi connectivity index (χ0v) is 19.6. The zero-order valence-electron chi connectivity index (χ0n) is 19.6. The molecule has 0 aromatic heterocycles. The van der Waals surface area contributed by atoms with E-state index in [0.717, 1.165) is 12.8 Å². The molecule has 0 spiro atoms. The lowest BCUT2D eigenvalue weighted by Gasteiger charge is -2.05. The summed E-state index contributed by atoms with van der Waals surface area (Å²) in [4.78, 5) is 10.5. The first-order valence-corrected chi connectivity index (χ1v) is 13.1. The van der Waals surface area contributed by atoms with Crippen molar-refractivity contribution >= 4 is 5.97 Å². The molecule has 0 bridgehead atoms. The highest BCUT2D eigenvalue weighted by Crippen LogP contribution is 2.15. The Bertz CT molecular complexity index is 330. The molecular formula is C26H52O3. The molecule has 0 amide bonds. The maximum absolute atomic E-state index is 10.5. The van der Waals surface area contributed by atoms with Crippen LogP contribution in [-0.2, 0) is 4.79 Å². The van der Waals surface area contributed by atoms with Crippen LogP contribution in [0.4, 0.5) is 0 Å². The lowest BCUT2D eigenvalue weighted by Crippen LogP contribution is -2.18. The molecule has 29 heavy (non-hydrogen) atoms. The second kappa shape index (κ2) is 23.7. The van der Waals surface area contributed by atoms with Crippen molar-refractivity contribution in [2.75, 3.05) is 0 Å². The summed E-state index contributed by atoms with van der Waals surface area (Å²) in [6.07, 6.45) is 29.0. The fraction of sp³-hybridized carbons (Fsp3) is 0.962. The van der Waals surface area contributed by atoms with E-state index in [4.69, 9.17) is 5.11 Å². The average molecular weight is 413 g/mol. The van der Waals surface area contributed by atoms with Crippen LogP contribution in [0.5, 0.6) is 0 Å². The van der Waals surface area contributed by atoms with Crippen LogP contribution >= 0.6 is 0 Å². The van der Waals surface area contributed by atoms with E-state index >= 15 is 0 Å². The van der Waals surface area contributed by atoms with Crippen LogP contribution in [0.15, 0.2) is 0 Å². The molecule has 2 N–H and O–H groups in total. The Morgan fingerprint density at radius 2 is 0.759 bits per heavy atom. The largest absolute Gasteiger partial charge is 0.479 e. The van der Waals surface area contributed by atoms with Gasteiger partial charge in [-0.3, -0.25) is 0 Å². The maximum Gasteiger partial charge on any atom is 0.332 e. The van der Waals surface area contributed by atoms with Crippen molar-refractivity contribution in [3.05, 3.63) is 0 Å². The number of hydrogen-bond acceptors (Lipinski definition) is 2. The number of unbranched alkanes of at least 4 members (excludes halogenated alkanes) is 21. The van der Waals surface area contributed by atoms with Crippen LogP contribution in [-0.4, -0.2) is 22.3 Å². The van der Waals surface area contributed by atoms with Crippen LogP contribution in [0.1, 0.15) is 155 Å². The van der Waals surface area contributed by atoms with Gasteiger partial charge in [-0.1, -0.05) is 148 Å². The summed E-state index contributed by atoms with van der Waals surface area (Å²) in [7, 11) is 0. The van der Waals surface area contributed by atoms with Gasteiger partial charge in [-0.25, -0.2) is 4.79 Å². The molecular weight excluding hydrogens is 360 g/mol. The van der Waals surface area contributed by atoms with E-state index in [1.807, 2.05) is 0 Å². The van der Waals surface area contributed by atoms with Gasteiger partial charge in [0.05, 0.1) is 0 Å². The highest BCUT2D eigenvalue weighted by molar-refractivity contribution is 5.71. The van der Waals surface area contributed by atoms with Gasteiger partial charge in [0.1, 0.15) is 0 Å². The van der Waals surface area contributed by atoms with E-state index in [2.05, 4.69) is 6.92 Å². The molecule has 0 saturated carbocycles. The van der Waals surface area contributed by atoms with Crippen LogP contribution in [0, 0.1) is 0 Å². The van der Waals surface area contributed by atoms with Gasteiger partial charge in [0.2, 0.25) is 0 Å². The van der Waals surface area contributed by atoms with E-state index in [1.165, 1.54) is 128 Å². The number of aliphatic carboxylic acids is 1. The van der Waals surface area contributed by atoms with E-state index in [1.54, 1.807) is 0 Å². The third-order valence-corrected chi connectivity index (χ3v) is 6.12. The number of carboxylic acids is 1. The minimum atomic E-state index is -1.17. The summed E-state index contributed by atoms with van der Waals surface area (Å²) in [5.74, 6) is -1.09. The standard InChI is InChI=1S/C26H52O3/c1-2-3-4-5-6-7-8-9-10-11-12-13-14-15-16-17-18-19-20-21-22-23-24-25(27)26(28)29/h25,27H,2-24H2,1H3,(H,28,29)/t25-/m0/s1. The van der Waals surface area contributed by atoms with Gasteiger partial charge in [0, 0.05) is 0 Å². The van der Waals surface area contributed by atoms with E-state index in [-0.39, 0.29) is 0 Å². The number of hydrogen-bond donors (Lipinski definition) is 2. The maximum atomic E-state index is 10.5. The molecule has 0 saturated heterocycles. The Morgan fingerprint density at radius 1 is 0.517 bits per heavy atom. The van der Waals surface area contributed by atoms with Crippen molar-refractivity contribution < 1.29 is 15.0 Å². The van der Waals surface area contributed by atoms with Gasteiger partial charge in [-0.05, 0) is 6.42 Å². The molecule has 0 aliphatic rings. The molecule has 174 valence electrons. The molecule has 0 unspecified atom stereocenters. The fourth-order valence-electron chi connectivity index (χ4n) is 4.07. The first-order valence-electron chi connectivity index (χ1n) is 13.1. The number of aliphatic hydroxyl groups is 1. The summed E-state index contributed by atoms with van der Waals surface area (Å²) < 4.78 is 0. The van der Waals surface area contributed by atoms with Gasteiger partial charge in [0.15, 0.2) is 6.10 Å². The van der Waals surface area contributed by atoms with Crippen molar-refractivity contribution in [3.63, 3.8) is 0 Å². The van der Waals surface area contributed by atoms with Crippen molar-refractivity contribution in [1.82, 2.24) is 0 Å². The SMILES string of the molecule is CCCCCCCCCCCCCCCCCCCCCCCC[C@H](O)C(=O)O. The Morgan fingerprint density at radius 3 is 1.00 bits per heavy atom. The predicted molar refractivity (Wildman–Crippen MR) is 126 cm³/mol.